The van der Waals surface area contributed by atoms with Gasteiger partial charge in [0.25, 0.3) is 0 Å². The number of nitrogens with one attached hydrogen (secondary N) is 2. The molecule has 0 aliphatic heterocycles. The zero-order valence-electron chi connectivity index (χ0n) is 9.34. The van der Waals surface area contributed by atoms with Gasteiger partial charge in [0.1, 0.15) is 5.82 Å². The molecule has 0 radical (unpaired) electrons. The van der Waals surface area contributed by atoms with Crippen molar-refractivity contribution < 1.29 is 4.74 Å². The van der Waals surface area contributed by atoms with Crippen LogP contribution in [0.15, 0.2) is 6.07 Å². The summed E-state index contributed by atoms with van der Waals surface area (Å²) in [5.74, 6) is 6.29. The second-order valence-electron chi connectivity index (χ2n) is 3.96. The van der Waals surface area contributed by atoms with Crippen LogP contribution >= 0.6 is 23.2 Å². The topological polar surface area (TPSA) is 72.2 Å². The zero-order chi connectivity index (χ0) is 12.4. The number of hydrogen-bond acceptors (Lipinski definition) is 5. The number of nitrogens with zero attached hydrogens (tertiary/aromatic N) is 1. The smallest absolute Gasteiger partial charge is 0.161 e. The third-order valence-electron chi connectivity index (χ3n) is 2.84. The second-order valence-corrected chi connectivity index (χ2v) is 4.78. The van der Waals surface area contributed by atoms with E-state index < -0.39 is 0 Å². The molecule has 0 bridgehead atoms. The summed E-state index contributed by atoms with van der Waals surface area (Å²) in [5.41, 5.74) is 2.43. The van der Waals surface area contributed by atoms with E-state index in [0.717, 1.165) is 12.8 Å². The molecule has 0 spiro atoms. The van der Waals surface area contributed by atoms with E-state index in [1.165, 1.54) is 0 Å². The van der Waals surface area contributed by atoms with Gasteiger partial charge >= 0.3 is 0 Å². The molecule has 5 nitrogen and oxygen atoms in total. The minimum Gasteiger partial charge on any atom is -0.381 e. The van der Waals surface area contributed by atoms with E-state index in [1.54, 1.807) is 13.2 Å². The van der Waals surface area contributed by atoms with Crippen molar-refractivity contribution in [1.82, 2.24) is 4.98 Å². The Hall–Kier alpha value is -0.750. The Morgan fingerprint density at radius 3 is 2.59 bits per heavy atom. The van der Waals surface area contributed by atoms with Gasteiger partial charge in [-0.3, -0.25) is 0 Å². The molecule has 0 saturated heterocycles. The Morgan fingerprint density at radius 2 is 2.00 bits per heavy atom. The lowest BCUT2D eigenvalue weighted by Gasteiger charge is -2.35. The van der Waals surface area contributed by atoms with Gasteiger partial charge in [-0.15, -0.1) is 0 Å². The number of ether oxygens (including phenoxy) is 1. The quantitative estimate of drug-likeness (QED) is 0.581. The molecule has 94 valence electrons. The Balaban J connectivity index is 2.06. The number of nitrogen functional groups attached to an aromatic ring is 1. The van der Waals surface area contributed by atoms with Crippen LogP contribution in [0.2, 0.25) is 10.0 Å². The number of hydrazine groups is 1. The molecule has 1 saturated carbocycles. The number of nitrogens with two attached hydrogens (primary N) is 1. The van der Waals surface area contributed by atoms with Crippen LogP contribution in [0, 0.1) is 0 Å². The molecule has 1 aromatic rings. The van der Waals surface area contributed by atoms with Gasteiger partial charge in [0.2, 0.25) is 0 Å². The number of rotatable bonds is 4. The molecule has 4 N–H and O–H groups in total. The van der Waals surface area contributed by atoms with E-state index in [4.69, 9.17) is 33.8 Å². The first-order valence-corrected chi connectivity index (χ1v) is 6.01. The van der Waals surface area contributed by atoms with E-state index in [2.05, 4.69) is 15.7 Å². The Morgan fingerprint density at radius 1 is 1.35 bits per heavy atom. The van der Waals surface area contributed by atoms with Gasteiger partial charge in [-0.2, -0.15) is 0 Å². The first-order chi connectivity index (χ1) is 8.13. The molecule has 0 unspecified atom stereocenters. The number of methoxy groups -OCH3 is 1. The van der Waals surface area contributed by atoms with Crippen LogP contribution in [0.4, 0.5) is 11.6 Å². The van der Waals surface area contributed by atoms with Gasteiger partial charge in [-0.25, -0.2) is 10.8 Å². The first-order valence-electron chi connectivity index (χ1n) is 5.26. The lowest BCUT2D eigenvalue weighted by atomic mass is 9.89. The molecule has 0 atom stereocenters. The molecule has 0 aromatic carbocycles. The summed E-state index contributed by atoms with van der Waals surface area (Å²) >= 11 is 11.9. The van der Waals surface area contributed by atoms with E-state index in [0.29, 0.717) is 33.8 Å². The van der Waals surface area contributed by atoms with Crippen molar-refractivity contribution in [2.24, 2.45) is 5.84 Å². The van der Waals surface area contributed by atoms with E-state index >= 15 is 0 Å². The molecule has 1 heterocycles. The summed E-state index contributed by atoms with van der Waals surface area (Å²) in [6.07, 6.45) is 2.22. The van der Waals surface area contributed by atoms with Gasteiger partial charge in [0.05, 0.1) is 16.1 Å². The fourth-order valence-electron chi connectivity index (χ4n) is 1.74. The molecule has 0 amide bonds. The molecule has 1 aliphatic carbocycles. The number of anilines is 2. The minimum atomic E-state index is 0.325. The molecule has 1 fully saturated rings. The molecular formula is C10H14Cl2N4O. The fourth-order valence-corrected chi connectivity index (χ4v) is 2.21. The predicted molar refractivity (Wildman–Crippen MR) is 69.5 cm³/mol. The summed E-state index contributed by atoms with van der Waals surface area (Å²) in [4.78, 5) is 4.21. The van der Waals surface area contributed by atoms with Crippen LogP contribution in [0.5, 0.6) is 0 Å². The fraction of sp³-hybridized carbons (Fsp3) is 0.500. The second kappa shape index (κ2) is 5.27. The molecule has 1 aromatic heterocycles. The average Bonchev–Trinajstić information content (AvgIpc) is 2.25. The highest BCUT2D eigenvalue weighted by molar-refractivity contribution is 6.37. The molecule has 7 heteroatoms. The van der Waals surface area contributed by atoms with E-state index in [9.17, 15) is 0 Å². The normalized spacial score (nSPS) is 23.1. The Bertz CT molecular complexity index is 410. The maximum Gasteiger partial charge on any atom is 0.161 e. The Kier molecular flexibility index (Phi) is 3.93. The summed E-state index contributed by atoms with van der Waals surface area (Å²) in [6, 6.07) is 1.94. The van der Waals surface area contributed by atoms with Gasteiger partial charge in [0, 0.05) is 13.2 Å². The van der Waals surface area contributed by atoms with Gasteiger partial charge in [-0.05, 0) is 18.9 Å². The lowest BCUT2D eigenvalue weighted by Crippen LogP contribution is -2.40. The van der Waals surface area contributed by atoms with E-state index in [1.807, 2.05) is 0 Å². The highest BCUT2D eigenvalue weighted by atomic mass is 35.5. The summed E-state index contributed by atoms with van der Waals surface area (Å²) < 4.78 is 5.20. The highest BCUT2D eigenvalue weighted by Gasteiger charge is 2.29. The van der Waals surface area contributed by atoms with Crippen LogP contribution in [-0.4, -0.2) is 24.2 Å². The third-order valence-corrected chi connectivity index (χ3v) is 3.41. The molecular weight excluding hydrogens is 263 g/mol. The average molecular weight is 277 g/mol. The van der Waals surface area contributed by atoms with Crippen LogP contribution in [0.25, 0.3) is 0 Å². The maximum atomic E-state index is 6.04. The number of aromatic nitrogens is 1. The third kappa shape index (κ3) is 2.74. The number of halogens is 2. The van der Waals surface area contributed by atoms with Crippen LogP contribution in [0.3, 0.4) is 0 Å². The number of hydrogen-bond donors (Lipinski definition) is 3. The van der Waals surface area contributed by atoms with Crippen LogP contribution in [0.1, 0.15) is 12.8 Å². The Labute approximate surface area is 110 Å². The maximum absolute atomic E-state index is 6.04. The summed E-state index contributed by atoms with van der Waals surface area (Å²) in [7, 11) is 1.71. The van der Waals surface area contributed by atoms with Gasteiger partial charge < -0.3 is 15.5 Å². The van der Waals surface area contributed by atoms with Crippen molar-refractivity contribution in [2.75, 3.05) is 17.9 Å². The monoisotopic (exact) mass is 276 g/mol. The zero-order valence-corrected chi connectivity index (χ0v) is 10.8. The summed E-state index contributed by atoms with van der Waals surface area (Å²) in [6.45, 7) is 0. The van der Waals surface area contributed by atoms with Crippen LogP contribution < -0.4 is 16.6 Å². The van der Waals surface area contributed by atoms with E-state index in [-0.39, 0.29) is 0 Å². The molecule has 1 aliphatic rings. The van der Waals surface area contributed by atoms with Crippen molar-refractivity contribution in [3.8, 4) is 0 Å². The van der Waals surface area contributed by atoms with Crippen molar-refractivity contribution in [1.29, 1.82) is 0 Å². The van der Waals surface area contributed by atoms with Gasteiger partial charge in [-0.1, -0.05) is 23.2 Å². The molecule has 17 heavy (non-hydrogen) atoms. The SMILES string of the molecule is COC1CC(Nc2nc(NN)c(Cl)cc2Cl)C1. The lowest BCUT2D eigenvalue weighted by molar-refractivity contribution is 0.0328. The van der Waals surface area contributed by atoms with Gasteiger partial charge in [0.15, 0.2) is 5.82 Å². The number of pyridine rings is 1. The largest absolute Gasteiger partial charge is 0.381 e. The minimum absolute atomic E-state index is 0.325. The standard InChI is InChI=1S/C10H14Cl2N4O/c1-17-6-2-5(3-6)14-9-7(11)4-8(12)10(15-9)16-13/h4-6H,2-3,13H2,1H3,(H2,14,15,16). The van der Waals surface area contributed by atoms with Crippen molar-refractivity contribution >= 4 is 34.8 Å². The van der Waals surface area contributed by atoms with Crippen molar-refractivity contribution in [2.45, 2.75) is 25.0 Å². The predicted octanol–water partition coefficient (Wildman–Crippen LogP) is 2.26. The highest BCUT2D eigenvalue weighted by Crippen LogP contribution is 2.32. The van der Waals surface area contributed by atoms with Crippen LogP contribution in [-0.2, 0) is 4.74 Å². The first kappa shape index (κ1) is 12.7. The molecule has 2 rings (SSSR count). The van der Waals surface area contributed by atoms with Crippen molar-refractivity contribution in [3.63, 3.8) is 0 Å². The summed E-state index contributed by atoms with van der Waals surface area (Å²) in [5, 5.41) is 4.11. The van der Waals surface area contributed by atoms with Crippen molar-refractivity contribution in [3.05, 3.63) is 16.1 Å².